The van der Waals surface area contributed by atoms with Gasteiger partial charge in [0.2, 0.25) is 0 Å². The van der Waals surface area contributed by atoms with E-state index in [1.54, 1.807) is 6.07 Å². The third-order valence-corrected chi connectivity index (χ3v) is 2.87. The Morgan fingerprint density at radius 3 is 2.82 bits per heavy atom. The molecule has 1 aliphatic heterocycles. The van der Waals surface area contributed by atoms with Gasteiger partial charge < -0.3 is 15.0 Å². The predicted molar refractivity (Wildman–Crippen MR) is 58.7 cm³/mol. The molecule has 1 aromatic heterocycles. The summed E-state index contributed by atoms with van der Waals surface area (Å²) < 4.78 is 0. The van der Waals surface area contributed by atoms with E-state index in [1.807, 2.05) is 0 Å². The first-order valence-electron chi connectivity index (χ1n) is 5.29. The summed E-state index contributed by atoms with van der Waals surface area (Å²) in [6.45, 7) is 0.548. The Hall–Kier alpha value is -2.11. The molecule has 0 spiro atoms. The molecule has 90 valence electrons. The molecule has 2 rings (SSSR count). The number of carboxylic acids is 1. The Kier molecular flexibility index (Phi) is 2.95. The van der Waals surface area contributed by atoms with Gasteiger partial charge in [0.1, 0.15) is 5.56 Å². The summed E-state index contributed by atoms with van der Waals surface area (Å²) >= 11 is 0. The lowest BCUT2D eigenvalue weighted by Gasteiger charge is -2.14. The van der Waals surface area contributed by atoms with E-state index in [1.165, 1.54) is 17.2 Å². The number of nitrogens with zero attached hydrogens (tertiary/aromatic N) is 1. The third kappa shape index (κ3) is 2.20. The number of hydrogen-bond donors (Lipinski definition) is 2. The van der Waals surface area contributed by atoms with Gasteiger partial charge in [-0.2, -0.15) is 0 Å². The second-order valence-corrected chi connectivity index (χ2v) is 3.99. The summed E-state index contributed by atoms with van der Waals surface area (Å²) in [5.74, 6) is -1.83. The highest BCUT2D eigenvalue weighted by Gasteiger charge is 2.31. The van der Waals surface area contributed by atoms with Crippen LogP contribution in [0.3, 0.4) is 0 Å². The average molecular weight is 236 g/mol. The van der Waals surface area contributed by atoms with Crippen LogP contribution in [0.1, 0.15) is 16.8 Å². The molecule has 0 aromatic carbocycles. The smallest absolute Gasteiger partial charge is 0.308 e. The molecule has 6 nitrogen and oxygen atoms in total. The van der Waals surface area contributed by atoms with Crippen molar-refractivity contribution < 1.29 is 14.7 Å². The van der Waals surface area contributed by atoms with Gasteiger partial charge >= 0.3 is 5.97 Å². The molecule has 1 saturated heterocycles. The van der Waals surface area contributed by atoms with Crippen LogP contribution in [0.2, 0.25) is 0 Å². The quantitative estimate of drug-likeness (QED) is 0.751. The molecule has 1 fully saturated rings. The monoisotopic (exact) mass is 236 g/mol. The number of pyridine rings is 1. The van der Waals surface area contributed by atoms with Crippen LogP contribution in [0.4, 0.5) is 0 Å². The fourth-order valence-corrected chi connectivity index (χ4v) is 1.91. The number of aromatic nitrogens is 1. The first-order valence-corrected chi connectivity index (χ1v) is 5.29. The van der Waals surface area contributed by atoms with Crippen molar-refractivity contribution in [2.75, 3.05) is 13.1 Å². The minimum atomic E-state index is -0.901. The van der Waals surface area contributed by atoms with E-state index >= 15 is 0 Å². The molecular weight excluding hydrogens is 224 g/mol. The number of aliphatic carboxylic acids is 1. The van der Waals surface area contributed by atoms with E-state index < -0.39 is 23.4 Å². The normalized spacial score (nSPS) is 19.3. The van der Waals surface area contributed by atoms with E-state index in [9.17, 15) is 14.4 Å². The second-order valence-electron chi connectivity index (χ2n) is 3.99. The van der Waals surface area contributed by atoms with Crippen LogP contribution in [0.25, 0.3) is 0 Å². The van der Waals surface area contributed by atoms with Crippen LogP contribution in [0.15, 0.2) is 23.1 Å². The van der Waals surface area contributed by atoms with Crippen LogP contribution in [0.5, 0.6) is 0 Å². The zero-order valence-electron chi connectivity index (χ0n) is 9.05. The van der Waals surface area contributed by atoms with Gasteiger partial charge in [0.05, 0.1) is 5.92 Å². The molecule has 1 aromatic rings. The van der Waals surface area contributed by atoms with Gasteiger partial charge in [0.25, 0.3) is 11.5 Å². The van der Waals surface area contributed by atoms with Crippen molar-refractivity contribution in [1.29, 1.82) is 0 Å². The fraction of sp³-hybridized carbons (Fsp3) is 0.364. The summed E-state index contributed by atoms with van der Waals surface area (Å²) in [5.41, 5.74) is -0.394. The molecule has 2 heterocycles. The van der Waals surface area contributed by atoms with E-state index in [0.29, 0.717) is 13.0 Å². The lowest BCUT2D eigenvalue weighted by atomic mass is 10.1. The van der Waals surface area contributed by atoms with Crippen molar-refractivity contribution >= 4 is 11.9 Å². The Balaban J connectivity index is 2.15. The first kappa shape index (κ1) is 11.4. The number of hydrogen-bond acceptors (Lipinski definition) is 3. The minimum absolute atomic E-state index is 0.0542. The van der Waals surface area contributed by atoms with E-state index in [-0.39, 0.29) is 12.1 Å². The van der Waals surface area contributed by atoms with Crippen molar-refractivity contribution in [3.63, 3.8) is 0 Å². The largest absolute Gasteiger partial charge is 0.481 e. The highest BCUT2D eigenvalue weighted by molar-refractivity contribution is 5.94. The third-order valence-electron chi connectivity index (χ3n) is 2.87. The Labute approximate surface area is 96.9 Å². The molecule has 6 heteroatoms. The second kappa shape index (κ2) is 4.40. The van der Waals surface area contributed by atoms with Crippen molar-refractivity contribution in [2.45, 2.75) is 6.42 Å². The number of carboxylic acid groups (broad SMARTS) is 1. The van der Waals surface area contributed by atoms with Crippen LogP contribution >= 0.6 is 0 Å². The topological polar surface area (TPSA) is 90.5 Å². The highest BCUT2D eigenvalue weighted by atomic mass is 16.4. The number of H-pyrrole nitrogens is 1. The van der Waals surface area contributed by atoms with Gasteiger partial charge in [-0.25, -0.2) is 0 Å². The molecule has 0 bridgehead atoms. The molecule has 1 amide bonds. The standard InChI is InChI=1S/C11H12N2O4/c14-9-8(2-1-4-12-9)10(15)13-5-3-7(6-13)11(16)17/h1-2,4,7H,3,5-6H2,(H,12,14)(H,16,17)/t7-/m0/s1. The maximum Gasteiger partial charge on any atom is 0.308 e. The van der Waals surface area contributed by atoms with Crippen molar-refractivity contribution in [1.82, 2.24) is 9.88 Å². The van der Waals surface area contributed by atoms with E-state index in [4.69, 9.17) is 5.11 Å². The SMILES string of the molecule is O=C(O)[C@H]1CCN(C(=O)c2ccc[nH]c2=O)C1. The summed E-state index contributed by atoms with van der Waals surface area (Å²) in [6.07, 6.45) is 1.88. The molecule has 0 radical (unpaired) electrons. The molecule has 0 aliphatic carbocycles. The number of carbonyl (C=O) groups excluding carboxylic acids is 1. The lowest BCUT2D eigenvalue weighted by molar-refractivity contribution is -0.141. The Morgan fingerprint density at radius 1 is 1.47 bits per heavy atom. The van der Waals surface area contributed by atoms with Crippen molar-refractivity contribution in [2.24, 2.45) is 5.92 Å². The average Bonchev–Trinajstić information content (AvgIpc) is 2.78. The van der Waals surface area contributed by atoms with E-state index in [2.05, 4.69) is 4.98 Å². The Morgan fingerprint density at radius 2 is 2.24 bits per heavy atom. The first-order chi connectivity index (χ1) is 8.09. The van der Waals surface area contributed by atoms with Gasteiger partial charge in [-0.15, -0.1) is 0 Å². The number of carbonyl (C=O) groups is 2. The van der Waals surface area contributed by atoms with Gasteiger partial charge in [-0.05, 0) is 18.6 Å². The number of aromatic amines is 1. The van der Waals surface area contributed by atoms with Crippen LogP contribution in [-0.2, 0) is 4.79 Å². The van der Waals surface area contributed by atoms with Gasteiger partial charge in [-0.1, -0.05) is 0 Å². The van der Waals surface area contributed by atoms with Crippen LogP contribution < -0.4 is 5.56 Å². The zero-order chi connectivity index (χ0) is 12.4. The molecule has 0 unspecified atom stereocenters. The van der Waals surface area contributed by atoms with Crippen LogP contribution in [0, 0.1) is 5.92 Å². The Bertz CT molecular complexity index is 508. The highest BCUT2D eigenvalue weighted by Crippen LogP contribution is 2.17. The summed E-state index contributed by atoms with van der Waals surface area (Å²) in [4.78, 5) is 38.0. The van der Waals surface area contributed by atoms with Crippen molar-refractivity contribution in [3.05, 3.63) is 34.2 Å². The minimum Gasteiger partial charge on any atom is -0.481 e. The summed E-state index contributed by atoms with van der Waals surface area (Å²) in [5, 5.41) is 8.83. The van der Waals surface area contributed by atoms with Gasteiger partial charge in [-0.3, -0.25) is 14.4 Å². The number of nitrogens with one attached hydrogen (secondary N) is 1. The summed E-state index contributed by atoms with van der Waals surface area (Å²) in [6, 6.07) is 3.01. The maximum absolute atomic E-state index is 11.9. The molecular formula is C11H12N2O4. The molecule has 0 saturated carbocycles. The lowest BCUT2D eigenvalue weighted by Crippen LogP contribution is -2.33. The number of rotatable bonds is 2. The van der Waals surface area contributed by atoms with E-state index in [0.717, 1.165) is 0 Å². The molecule has 1 atom stereocenters. The number of amides is 1. The fourth-order valence-electron chi connectivity index (χ4n) is 1.91. The predicted octanol–water partition coefficient (Wildman–Crippen LogP) is -0.0784. The maximum atomic E-state index is 11.9. The summed E-state index contributed by atoms with van der Waals surface area (Å²) in [7, 11) is 0. The van der Waals surface area contributed by atoms with Crippen LogP contribution in [-0.4, -0.2) is 40.0 Å². The molecule has 2 N–H and O–H groups in total. The number of likely N-dealkylation sites (tertiary alicyclic amines) is 1. The molecule has 17 heavy (non-hydrogen) atoms. The van der Waals surface area contributed by atoms with Crippen molar-refractivity contribution in [3.8, 4) is 0 Å². The van der Waals surface area contributed by atoms with Gasteiger partial charge in [0, 0.05) is 19.3 Å². The zero-order valence-corrected chi connectivity index (χ0v) is 9.05. The molecule has 1 aliphatic rings. The van der Waals surface area contributed by atoms with Gasteiger partial charge in [0.15, 0.2) is 0 Å².